The maximum Gasteiger partial charge on any atom is 0.242 e. The highest BCUT2D eigenvalue weighted by Crippen LogP contribution is 2.28. The third-order valence-corrected chi connectivity index (χ3v) is 3.75. The second-order valence-corrected chi connectivity index (χ2v) is 7.16. The zero-order chi connectivity index (χ0) is 15.5. The molecule has 5 heteroatoms. The van der Waals surface area contributed by atoms with Gasteiger partial charge in [0, 0.05) is 11.6 Å². The lowest BCUT2D eigenvalue weighted by molar-refractivity contribution is -0.132. The lowest BCUT2D eigenvalue weighted by Gasteiger charge is -2.32. The van der Waals surface area contributed by atoms with Gasteiger partial charge in [-0.2, -0.15) is 0 Å². The fourth-order valence-electron chi connectivity index (χ4n) is 2.57. The van der Waals surface area contributed by atoms with Crippen LogP contribution in [0.25, 0.3) is 0 Å². The molecule has 20 heavy (non-hydrogen) atoms. The average molecular weight is 283 g/mol. The van der Waals surface area contributed by atoms with Gasteiger partial charge in [0.25, 0.3) is 0 Å². The quantitative estimate of drug-likeness (QED) is 0.727. The molecule has 116 valence electrons. The van der Waals surface area contributed by atoms with Gasteiger partial charge in [0.15, 0.2) is 0 Å². The molecule has 1 aliphatic carbocycles. The number of carbonyl (C=O) groups excluding carboxylic acids is 2. The summed E-state index contributed by atoms with van der Waals surface area (Å²) in [5.41, 5.74) is 5.73. The second kappa shape index (κ2) is 6.57. The molecule has 0 heterocycles. The average Bonchev–Trinajstić information content (AvgIpc) is 2.29. The Morgan fingerprint density at radius 3 is 2.40 bits per heavy atom. The van der Waals surface area contributed by atoms with Crippen LogP contribution in [0, 0.1) is 11.8 Å². The summed E-state index contributed by atoms with van der Waals surface area (Å²) in [6.45, 7) is 9.59. The van der Waals surface area contributed by atoms with E-state index in [0.717, 1.165) is 19.3 Å². The molecule has 0 aliphatic heterocycles. The van der Waals surface area contributed by atoms with E-state index in [2.05, 4.69) is 17.6 Å². The third kappa shape index (κ3) is 5.12. The summed E-state index contributed by atoms with van der Waals surface area (Å²) in [5, 5.41) is 5.65. The standard InChI is InChI=1S/C15H29N3O2/c1-9-6-7-12(16)11(8-9)14(20)17-10(2)13(19)18-15(3,4)5/h9-12H,6-8,16H2,1-5H3,(H,17,20)(H,18,19). The molecule has 1 saturated carbocycles. The lowest BCUT2D eigenvalue weighted by Crippen LogP contribution is -2.54. The zero-order valence-electron chi connectivity index (χ0n) is 13.3. The summed E-state index contributed by atoms with van der Waals surface area (Å²) in [7, 11) is 0. The Kier molecular flexibility index (Phi) is 5.57. The Balaban J connectivity index is 2.54. The fraction of sp³-hybridized carbons (Fsp3) is 0.867. The van der Waals surface area contributed by atoms with Gasteiger partial charge < -0.3 is 16.4 Å². The molecule has 0 aromatic heterocycles. The van der Waals surface area contributed by atoms with Crippen molar-refractivity contribution in [3.63, 3.8) is 0 Å². The van der Waals surface area contributed by atoms with E-state index in [4.69, 9.17) is 5.73 Å². The zero-order valence-corrected chi connectivity index (χ0v) is 13.3. The molecular weight excluding hydrogens is 254 g/mol. The molecule has 0 aromatic rings. The highest BCUT2D eigenvalue weighted by atomic mass is 16.2. The highest BCUT2D eigenvalue weighted by Gasteiger charge is 2.33. The van der Waals surface area contributed by atoms with Gasteiger partial charge in [-0.1, -0.05) is 6.92 Å². The number of rotatable bonds is 3. The van der Waals surface area contributed by atoms with Crippen molar-refractivity contribution in [3.05, 3.63) is 0 Å². The van der Waals surface area contributed by atoms with Crippen molar-refractivity contribution >= 4 is 11.8 Å². The molecule has 0 bridgehead atoms. The minimum Gasteiger partial charge on any atom is -0.350 e. The third-order valence-electron chi connectivity index (χ3n) is 3.75. The molecule has 1 fully saturated rings. The molecule has 0 spiro atoms. The van der Waals surface area contributed by atoms with Gasteiger partial charge in [-0.3, -0.25) is 9.59 Å². The molecule has 2 amide bonds. The Morgan fingerprint density at radius 1 is 1.25 bits per heavy atom. The van der Waals surface area contributed by atoms with Gasteiger partial charge >= 0.3 is 0 Å². The van der Waals surface area contributed by atoms with E-state index in [1.807, 2.05) is 20.8 Å². The van der Waals surface area contributed by atoms with Crippen molar-refractivity contribution in [2.24, 2.45) is 17.6 Å². The maximum atomic E-state index is 12.3. The summed E-state index contributed by atoms with van der Waals surface area (Å²) in [6.07, 6.45) is 2.76. The number of hydrogen-bond donors (Lipinski definition) is 3. The Bertz CT molecular complexity index is 363. The predicted molar refractivity (Wildman–Crippen MR) is 80.0 cm³/mol. The Hall–Kier alpha value is -1.10. The van der Waals surface area contributed by atoms with Crippen molar-refractivity contribution in [1.29, 1.82) is 0 Å². The first-order valence-electron chi connectivity index (χ1n) is 7.48. The predicted octanol–water partition coefficient (Wildman–Crippen LogP) is 1.17. The van der Waals surface area contributed by atoms with E-state index >= 15 is 0 Å². The van der Waals surface area contributed by atoms with E-state index in [0.29, 0.717) is 5.92 Å². The first-order valence-corrected chi connectivity index (χ1v) is 7.48. The molecule has 4 N–H and O–H groups in total. The first kappa shape index (κ1) is 17.0. The van der Waals surface area contributed by atoms with Crippen LogP contribution in [0.5, 0.6) is 0 Å². The maximum absolute atomic E-state index is 12.3. The van der Waals surface area contributed by atoms with Crippen LogP contribution in [0.3, 0.4) is 0 Å². The number of nitrogens with one attached hydrogen (secondary N) is 2. The second-order valence-electron chi connectivity index (χ2n) is 7.16. The minimum absolute atomic E-state index is 0.0934. The van der Waals surface area contributed by atoms with Crippen LogP contribution >= 0.6 is 0 Å². The van der Waals surface area contributed by atoms with Gasteiger partial charge in [0.05, 0.1) is 5.92 Å². The smallest absolute Gasteiger partial charge is 0.242 e. The first-order chi connectivity index (χ1) is 9.10. The van der Waals surface area contributed by atoms with Crippen molar-refractivity contribution < 1.29 is 9.59 Å². The highest BCUT2D eigenvalue weighted by molar-refractivity contribution is 5.88. The number of carbonyl (C=O) groups is 2. The van der Waals surface area contributed by atoms with Gasteiger partial charge in [0.1, 0.15) is 6.04 Å². The SMILES string of the molecule is CC1CCC(N)C(C(=O)NC(C)C(=O)NC(C)(C)C)C1. The van der Waals surface area contributed by atoms with E-state index in [-0.39, 0.29) is 29.3 Å². The minimum atomic E-state index is -0.536. The largest absolute Gasteiger partial charge is 0.350 e. The van der Waals surface area contributed by atoms with Crippen molar-refractivity contribution in [3.8, 4) is 0 Å². The van der Waals surface area contributed by atoms with Crippen LogP contribution < -0.4 is 16.4 Å². The van der Waals surface area contributed by atoms with E-state index in [1.165, 1.54) is 0 Å². The van der Waals surface area contributed by atoms with Crippen LogP contribution in [0.2, 0.25) is 0 Å². The van der Waals surface area contributed by atoms with Crippen molar-refractivity contribution in [2.75, 3.05) is 0 Å². The summed E-state index contributed by atoms with van der Waals surface area (Å²) >= 11 is 0. The summed E-state index contributed by atoms with van der Waals surface area (Å²) in [6, 6.07) is -0.629. The summed E-state index contributed by atoms with van der Waals surface area (Å²) < 4.78 is 0. The van der Waals surface area contributed by atoms with E-state index in [9.17, 15) is 9.59 Å². The van der Waals surface area contributed by atoms with Crippen molar-refractivity contribution in [1.82, 2.24) is 10.6 Å². The topological polar surface area (TPSA) is 84.2 Å². The van der Waals surface area contributed by atoms with E-state index < -0.39 is 6.04 Å². The molecule has 4 atom stereocenters. The number of amides is 2. The molecule has 0 radical (unpaired) electrons. The van der Waals surface area contributed by atoms with Crippen molar-refractivity contribution in [2.45, 2.75) is 71.5 Å². The molecule has 0 aromatic carbocycles. The van der Waals surface area contributed by atoms with Gasteiger partial charge in [0.2, 0.25) is 11.8 Å². The number of nitrogens with two attached hydrogens (primary N) is 1. The Morgan fingerprint density at radius 2 is 1.85 bits per heavy atom. The number of hydrogen-bond acceptors (Lipinski definition) is 3. The summed E-state index contributed by atoms with van der Waals surface area (Å²) in [5.74, 6) is 0.0804. The van der Waals surface area contributed by atoms with Gasteiger partial charge in [-0.15, -0.1) is 0 Å². The molecule has 5 nitrogen and oxygen atoms in total. The van der Waals surface area contributed by atoms with Crippen LogP contribution in [0.1, 0.15) is 53.9 Å². The molecule has 4 unspecified atom stereocenters. The molecule has 1 aliphatic rings. The van der Waals surface area contributed by atoms with Crippen LogP contribution in [-0.2, 0) is 9.59 Å². The van der Waals surface area contributed by atoms with E-state index in [1.54, 1.807) is 6.92 Å². The summed E-state index contributed by atoms with van der Waals surface area (Å²) in [4.78, 5) is 24.2. The van der Waals surface area contributed by atoms with Crippen LogP contribution in [0.4, 0.5) is 0 Å². The van der Waals surface area contributed by atoms with Gasteiger partial charge in [-0.25, -0.2) is 0 Å². The molecular formula is C15H29N3O2. The van der Waals surface area contributed by atoms with Crippen LogP contribution in [-0.4, -0.2) is 29.4 Å². The fourth-order valence-corrected chi connectivity index (χ4v) is 2.57. The van der Waals surface area contributed by atoms with Gasteiger partial charge in [-0.05, 0) is 52.9 Å². The molecule has 1 rings (SSSR count). The normalized spacial score (nSPS) is 28.6. The Labute approximate surface area is 122 Å². The van der Waals surface area contributed by atoms with Crippen LogP contribution in [0.15, 0.2) is 0 Å². The molecule has 0 saturated heterocycles. The lowest BCUT2D eigenvalue weighted by atomic mass is 9.78. The monoisotopic (exact) mass is 283 g/mol.